The zero-order chi connectivity index (χ0) is 12.9. The lowest BCUT2D eigenvalue weighted by Gasteiger charge is -2.08. The highest BCUT2D eigenvalue weighted by atomic mass is 79.9. The van der Waals surface area contributed by atoms with E-state index in [0.29, 0.717) is 33.5 Å². The molecule has 1 aromatic carbocycles. The maximum Gasteiger partial charge on any atom is 0.371 e. The van der Waals surface area contributed by atoms with Gasteiger partial charge in [-0.15, -0.1) is 0 Å². The minimum Gasteiger partial charge on any atom is -0.496 e. The third-order valence-electron chi connectivity index (χ3n) is 2.94. The number of methoxy groups -OCH3 is 1. The van der Waals surface area contributed by atoms with Crippen molar-refractivity contribution in [3.63, 3.8) is 0 Å². The molecule has 1 aliphatic heterocycles. The zero-order valence-corrected chi connectivity index (χ0v) is 11.0. The van der Waals surface area contributed by atoms with E-state index in [1.54, 1.807) is 7.11 Å². The first-order valence-electron chi connectivity index (χ1n) is 5.31. The first kappa shape index (κ1) is 11.4. The fourth-order valence-electron chi connectivity index (χ4n) is 2.20. The Labute approximate surface area is 110 Å². The highest BCUT2D eigenvalue weighted by Crippen LogP contribution is 2.47. The second-order valence-corrected chi connectivity index (χ2v) is 4.70. The van der Waals surface area contributed by atoms with E-state index in [4.69, 9.17) is 19.0 Å². The van der Waals surface area contributed by atoms with Crippen LogP contribution in [0.25, 0.3) is 11.0 Å². The van der Waals surface area contributed by atoms with Crippen LogP contribution in [0.3, 0.4) is 0 Å². The summed E-state index contributed by atoms with van der Waals surface area (Å²) in [7, 11) is 1.55. The Hall–Kier alpha value is -1.69. The summed E-state index contributed by atoms with van der Waals surface area (Å²) in [6, 6.07) is 1.47. The van der Waals surface area contributed by atoms with Gasteiger partial charge in [0.1, 0.15) is 16.0 Å². The van der Waals surface area contributed by atoms with Crippen LogP contribution in [-0.2, 0) is 6.42 Å². The summed E-state index contributed by atoms with van der Waals surface area (Å²) >= 11 is 3.39. The molecule has 0 saturated carbocycles. The molecule has 1 aromatic heterocycles. The average Bonchev–Trinajstić information content (AvgIpc) is 2.95. The Bertz CT molecular complexity index is 658. The van der Waals surface area contributed by atoms with E-state index in [9.17, 15) is 4.79 Å². The monoisotopic (exact) mass is 312 g/mol. The number of ether oxygens (including phenoxy) is 2. The van der Waals surface area contributed by atoms with Crippen molar-refractivity contribution < 1.29 is 23.8 Å². The summed E-state index contributed by atoms with van der Waals surface area (Å²) in [6.45, 7) is 0.586. The van der Waals surface area contributed by atoms with Crippen LogP contribution < -0.4 is 9.47 Å². The minimum atomic E-state index is -1.11. The quantitative estimate of drug-likeness (QED) is 0.923. The summed E-state index contributed by atoms with van der Waals surface area (Å²) in [6.07, 6.45) is 0.737. The van der Waals surface area contributed by atoms with Crippen molar-refractivity contribution in [2.75, 3.05) is 13.7 Å². The molecule has 0 radical (unpaired) electrons. The Balaban J connectivity index is 2.40. The van der Waals surface area contributed by atoms with E-state index in [1.165, 1.54) is 6.07 Å². The van der Waals surface area contributed by atoms with Crippen molar-refractivity contribution in [3.05, 3.63) is 21.9 Å². The fraction of sp³-hybridized carbons (Fsp3) is 0.250. The molecular weight excluding hydrogens is 304 g/mol. The molecular formula is C12H9BrO5. The van der Waals surface area contributed by atoms with Crippen LogP contribution in [0.1, 0.15) is 16.1 Å². The van der Waals surface area contributed by atoms with E-state index in [0.717, 1.165) is 12.0 Å². The normalized spacial score (nSPS) is 13.4. The Morgan fingerprint density at radius 1 is 1.56 bits per heavy atom. The number of hydrogen-bond donors (Lipinski definition) is 1. The van der Waals surface area contributed by atoms with Crippen LogP contribution >= 0.6 is 15.9 Å². The third-order valence-corrected chi connectivity index (χ3v) is 3.66. The van der Waals surface area contributed by atoms with Gasteiger partial charge in [-0.3, -0.25) is 0 Å². The predicted molar refractivity (Wildman–Crippen MR) is 66.6 cm³/mol. The van der Waals surface area contributed by atoms with Gasteiger partial charge >= 0.3 is 5.97 Å². The Morgan fingerprint density at radius 3 is 3.00 bits per heavy atom. The average molecular weight is 313 g/mol. The maximum absolute atomic E-state index is 11.0. The first-order valence-corrected chi connectivity index (χ1v) is 6.10. The molecule has 0 unspecified atom stereocenters. The van der Waals surface area contributed by atoms with Gasteiger partial charge in [-0.25, -0.2) is 4.79 Å². The second kappa shape index (κ2) is 3.91. The number of furan rings is 1. The number of fused-ring (bicyclic) bond motifs is 2. The summed E-state index contributed by atoms with van der Waals surface area (Å²) in [5, 5.41) is 9.61. The summed E-state index contributed by atoms with van der Waals surface area (Å²) in [4.78, 5) is 11.0. The number of benzene rings is 1. The van der Waals surface area contributed by atoms with E-state index in [2.05, 4.69) is 15.9 Å². The van der Waals surface area contributed by atoms with E-state index < -0.39 is 5.97 Å². The summed E-state index contributed by atoms with van der Waals surface area (Å²) in [5.74, 6) is 0.0662. The molecule has 2 aromatic rings. The molecule has 94 valence electrons. The predicted octanol–water partition coefficient (Wildman–Crippen LogP) is 2.84. The first-order chi connectivity index (χ1) is 8.63. The molecule has 0 fully saturated rings. The smallest absolute Gasteiger partial charge is 0.371 e. The van der Waals surface area contributed by atoms with Crippen molar-refractivity contribution in [3.8, 4) is 11.5 Å². The van der Waals surface area contributed by atoms with Crippen molar-refractivity contribution >= 4 is 32.9 Å². The maximum atomic E-state index is 11.0. The van der Waals surface area contributed by atoms with Gasteiger partial charge in [-0.1, -0.05) is 0 Å². The lowest BCUT2D eigenvalue weighted by Crippen LogP contribution is -1.92. The van der Waals surface area contributed by atoms with Gasteiger partial charge in [0.2, 0.25) is 5.76 Å². The largest absolute Gasteiger partial charge is 0.496 e. The van der Waals surface area contributed by atoms with Crippen molar-refractivity contribution in [1.82, 2.24) is 0 Å². The van der Waals surface area contributed by atoms with E-state index >= 15 is 0 Å². The van der Waals surface area contributed by atoms with E-state index in [-0.39, 0.29) is 5.76 Å². The van der Waals surface area contributed by atoms with Crippen molar-refractivity contribution in [2.45, 2.75) is 6.42 Å². The molecule has 5 nitrogen and oxygen atoms in total. The molecule has 2 heterocycles. The molecule has 0 atom stereocenters. The highest BCUT2D eigenvalue weighted by molar-refractivity contribution is 9.10. The van der Waals surface area contributed by atoms with Gasteiger partial charge in [0.25, 0.3) is 0 Å². The van der Waals surface area contributed by atoms with Crippen LogP contribution in [0.4, 0.5) is 0 Å². The second-order valence-electron chi connectivity index (χ2n) is 3.91. The van der Waals surface area contributed by atoms with Gasteiger partial charge < -0.3 is 19.0 Å². The summed E-state index contributed by atoms with van der Waals surface area (Å²) < 4.78 is 16.8. The van der Waals surface area contributed by atoms with Crippen LogP contribution in [0.5, 0.6) is 11.5 Å². The fourth-order valence-corrected chi connectivity index (χ4v) is 2.84. The Morgan fingerprint density at radius 2 is 2.33 bits per heavy atom. The minimum absolute atomic E-state index is 0.118. The number of aromatic carboxylic acids is 1. The number of hydrogen-bond acceptors (Lipinski definition) is 4. The molecule has 0 saturated heterocycles. The molecule has 6 heteroatoms. The number of carboxylic acid groups (broad SMARTS) is 1. The standard InChI is InChI=1S/C12H9BrO5/c1-16-9-5-2-3-17-10(5)8(13)11-6(9)4-7(18-11)12(14)15/h4H,2-3H2,1H3,(H,14,15). The molecule has 0 spiro atoms. The van der Waals surface area contributed by atoms with Crippen LogP contribution in [0.15, 0.2) is 15.0 Å². The van der Waals surface area contributed by atoms with Crippen LogP contribution in [-0.4, -0.2) is 24.8 Å². The van der Waals surface area contributed by atoms with Gasteiger partial charge in [0, 0.05) is 18.1 Å². The molecule has 0 aliphatic carbocycles. The van der Waals surface area contributed by atoms with Crippen LogP contribution in [0.2, 0.25) is 0 Å². The molecule has 1 aliphatic rings. The topological polar surface area (TPSA) is 68.9 Å². The molecule has 3 rings (SSSR count). The number of rotatable bonds is 2. The van der Waals surface area contributed by atoms with E-state index in [1.807, 2.05) is 0 Å². The third kappa shape index (κ3) is 1.42. The summed E-state index contributed by atoms with van der Waals surface area (Å²) in [5.41, 5.74) is 1.37. The molecule has 0 bridgehead atoms. The lowest BCUT2D eigenvalue weighted by molar-refractivity contribution is 0.0665. The highest BCUT2D eigenvalue weighted by Gasteiger charge is 2.27. The number of carboxylic acids is 1. The number of carbonyl (C=O) groups is 1. The van der Waals surface area contributed by atoms with Gasteiger partial charge in [-0.05, 0) is 15.9 Å². The van der Waals surface area contributed by atoms with Crippen molar-refractivity contribution in [2.24, 2.45) is 0 Å². The number of halogens is 1. The molecule has 1 N–H and O–H groups in total. The van der Waals surface area contributed by atoms with Gasteiger partial charge in [-0.2, -0.15) is 0 Å². The molecule has 0 amide bonds. The Kier molecular flexibility index (Phi) is 2.48. The van der Waals surface area contributed by atoms with Crippen LogP contribution in [0, 0.1) is 0 Å². The van der Waals surface area contributed by atoms with Crippen molar-refractivity contribution in [1.29, 1.82) is 0 Å². The van der Waals surface area contributed by atoms with Gasteiger partial charge in [0.05, 0.1) is 19.1 Å². The van der Waals surface area contributed by atoms with Gasteiger partial charge in [0.15, 0.2) is 5.58 Å². The molecule has 18 heavy (non-hydrogen) atoms. The SMILES string of the molecule is COc1c2c(c(Br)c3oc(C(=O)O)cc13)OCC2. The zero-order valence-electron chi connectivity index (χ0n) is 9.45. The lowest BCUT2D eigenvalue weighted by atomic mass is 10.1.